The van der Waals surface area contributed by atoms with Gasteiger partial charge in [-0.05, 0) is 10.4 Å². The van der Waals surface area contributed by atoms with Crippen LogP contribution in [0.15, 0.2) is 5.10 Å². The van der Waals surface area contributed by atoms with E-state index in [4.69, 9.17) is 0 Å². The lowest BCUT2D eigenvalue weighted by Gasteiger charge is -1.98. The van der Waals surface area contributed by atoms with Crippen molar-refractivity contribution in [2.45, 2.75) is 0 Å². The highest BCUT2D eigenvalue weighted by Gasteiger charge is 2.02. The third-order valence-corrected chi connectivity index (χ3v) is 0.764. The van der Waals surface area contributed by atoms with Crippen LogP contribution in [0.5, 0.6) is 0 Å². The Bertz CT molecular complexity index is 371. The molecule has 0 fully saturated rings. The maximum absolute atomic E-state index is 10.0. The maximum Gasteiger partial charge on any atom is 0.361 e. The van der Waals surface area contributed by atoms with Gasteiger partial charge in [0.25, 0.3) is 0 Å². The van der Waals surface area contributed by atoms with Gasteiger partial charge in [0.05, 0.1) is 0 Å². The molecule has 11 heteroatoms. The molecule has 1 aromatic rings. The van der Waals surface area contributed by atoms with E-state index in [0.29, 0.717) is 0 Å². The van der Waals surface area contributed by atoms with Crippen LogP contribution in [0, 0.1) is 20.2 Å². The Morgan fingerprint density at radius 1 is 1.50 bits per heavy atom. The van der Waals surface area contributed by atoms with Crippen LogP contribution >= 0.6 is 0 Å². The van der Waals surface area contributed by atoms with Crippen LogP contribution in [-0.2, 0) is 0 Å². The van der Waals surface area contributed by atoms with Crippen molar-refractivity contribution in [3.05, 3.63) is 25.8 Å². The van der Waals surface area contributed by atoms with Crippen LogP contribution in [0.2, 0.25) is 0 Å². The van der Waals surface area contributed by atoms with E-state index in [1.54, 1.807) is 0 Å². The molecule has 0 aliphatic carbocycles. The second-order valence-corrected chi connectivity index (χ2v) is 1.44. The summed E-state index contributed by atoms with van der Waals surface area (Å²) in [4.78, 5) is 19.7. The van der Waals surface area contributed by atoms with E-state index in [1.165, 1.54) is 0 Å². The number of aromatic nitrogens is 4. The first-order chi connectivity index (χ1) is 5.61. The summed E-state index contributed by atoms with van der Waals surface area (Å²) in [6.07, 6.45) is 0. The predicted molar refractivity (Wildman–Crippen MR) is 28.3 cm³/mol. The molecule has 0 atom stereocenters. The molecule has 0 aromatic carbocycles. The van der Waals surface area contributed by atoms with Gasteiger partial charge < -0.3 is 10.1 Å². The van der Waals surface area contributed by atoms with Gasteiger partial charge in [-0.1, -0.05) is 9.89 Å². The second kappa shape index (κ2) is 2.73. The van der Waals surface area contributed by atoms with Gasteiger partial charge in [0.2, 0.25) is 0 Å². The maximum atomic E-state index is 10.0. The van der Waals surface area contributed by atoms with Crippen molar-refractivity contribution in [3.8, 4) is 0 Å². The van der Waals surface area contributed by atoms with Crippen molar-refractivity contribution >= 4 is 0 Å². The zero-order valence-electron chi connectivity index (χ0n) is 5.26. The third kappa shape index (κ3) is 1.39. The fraction of sp³-hybridized carbons (Fsp3) is 0. The minimum Gasteiger partial charge on any atom is -0.444 e. The van der Waals surface area contributed by atoms with Crippen molar-refractivity contribution < 1.29 is 10.1 Å². The fourth-order valence-electron chi connectivity index (χ4n) is 0.417. The lowest BCUT2D eigenvalue weighted by molar-refractivity contribution is -0.562. The van der Waals surface area contributed by atoms with Crippen molar-refractivity contribution in [1.29, 1.82) is 0 Å². The van der Waals surface area contributed by atoms with E-state index >= 15 is 0 Å². The standard InChI is InChI=1S/CN7O4/c9-7(10)3-1-2-4-5-6(1)8(11)12/q-1. The van der Waals surface area contributed by atoms with Crippen LogP contribution in [0.3, 0.4) is 0 Å². The zero-order chi connectivity index (χ0) is 9.14. The highest BCUT2D eigenvalue weighted by atomic mass is 16.7. The highest BCUT2D eigenvalue weighted by Crippen LogP contribution is 1.67. The lowest BCUT2D eigenvalue weighted by atomic mass is 11.2. The predicted octanol–water partition coefficient (Wildman–Crippen LogP) is -2.63. The monoisotopic (exact) mass is 174 g/mol. The molecule has 0 saturated heterocycles. The first-order valence-corrected chi connectivity index (χ1v) is 2.40. The van der Waals surface area contributed by atoms with Crippen LogP contribution in [0.25, 0.3) is 0 Å². The number of rotatable bonds is 2. The van der Waals surface area contributed by atoms with Gasteiger partial charge in [0.1, 0.15) is 5.10 Å². The Kier molecular flexibility index (Phi) is 1.77. The second-order valence-electron chi connectivity index (χ2n) is 1.44. The van der Waals surface area contributed by atoms with E-state index in [9.17, 15) is 20.2 Å². The van der Waals surface area contributed by atoms with Crippen molar-refractivity contribution in [2.24, 2.45) is 5.10 Å². The van der Waals surface area contributed by atoms with Crippen molar-refractivity contribution in [1.82, 2.24) is 20.3 Å². The average Bonchev–Trinajstić information content (AvgIpc) is 2.33. The largest absolute Gasteiger partial charge is 0.444 e. The van der Waals surface area contributed by atoms with Crippen molar-refractivity contribution in [3.63, 3.8) is 0 Å². The van der Waals surface area contributed by atoms with Crippen LogP contribution in [0.4, 0.5) is 0 Å². The summed E-state index contributed by atoms with van der Waals surface area (Å²) in [5.41, 5.74) is -0.787. The topological polar surface area (TPSA) is 143 Å². The van der Waals surface area contributed by atoms with Crippen LogP contribution < -0.4 is 10.8 Å². The fourth-order valence-corrected chi connectivity index (χ4v) is 0.417. The minimum absolute atomic E-state index is 0.0111. The summed E-state index contributed by atoms with van der Waals surface area (Å²) in [5, 5.41) is 28.7. The molecule has 0 N–H and O–H groups in total. The molecule has 11 nitrogen and oxygen atoms in total. The Hall–Kier alpha value is -2.33. The number of hydrogen-bond donors (Lipinski definition) is 0. The molecular weight excluding hydrogens is 174 g/mol. The highest BCUT2D eigenvalue weighted by molar-refractivity contribution is 4.37. The summed E-state index contributed by atoms with van der Waals surface area (Å²) < 4.78 is 0. The number of hydrogen-bond acceptors (Lipinski definition) is 6. The van der Waals surface area contributed by atoms with Gasteiger partial charge in [-0.2, -0.15) is 0 Å². The Morgan fingerprint density at radius 2 is 2.17 bits per heavy atom. The Labute approximate surface area is 62.6 Å². The molecule has 12 heavy (non-hydrogen) atoms. The van der Waals surface area contributed by atoms with E-state index in [1.807, 2.05) is 0 Å². The smallest absolute Gasteiger partial charge is 0.361 e. The molecule has 0 amide bonds. The van der Waals surface area contributed by atoms with Crippen molar-refractivity contribution in [2.75, 3.05) is 0 Å². The average molecular weight is 174 g/mol. The van der Waals surface area contributed by atoms with Gasteiger partial charge in [-0.3, -0.25) is 0 Å². The van der Waals surface area contributed by atoms with E-state index in [0.717, 1.165) is 0 Å². The molecule has 0 bridgehead atoms. The molecule has 1 aromatic heterocycles. The Balaban J connectivity index is 3.25. The quantitative estimate of drug-likeness (QED) is 0.352. The molecule has 0 aliphatic heterocycles. The van der Waals surface area contributed by atoms with Gasteiger partial charge in [0.15, 0.2) is 5.03 Å². The van der Waals surface area contributed by atoms with E-state index in [-0.39, 0.29) is 4.79 Å². The number of nitro groups is 2. The first kappa shape index (κ1) is 7.77. The number of nitrogens with zero attached hydrogens (tertiary/aromatic N) is 7. The molecular formula is CN7O4-. The van der Waals surface area contributed by atoms with E-state index in [2.05, 4.69) is 20.6 Å². The summed E-state index contributed by atoms with van der Waals surface area (Å²) in [6.45, 7) is 0. The van der Waals surface area contributed by atoms with Crippen LogP contribution in [0.1, 0.15) is 0 Å². The first-order valence-electron chi connectivity index (χ1n) is 2.40. The SMILES string of the molecule is O=[N+]([O-])/N=c1\nn[n-]n1[N+](=O)[O-]. The molecule has 64 valence electrons. The van der Waals surface area contributed by atoms with Gasteiger partial charge in [0, 0.05) is 0 Å². The molecule has 0 aliphatic rings. The molecule has 0 unspecified atom stereocenters. The van der Waals surface area contributed by atoms with Crippen LogP contribution in [-0.4, -0.2) is 25.2 Å². The zero-order valence-corrected chi connectivity index (χ0v) is 5.26. The lowest BCUT2D eigenvalue weighted by Crippen LogP contribution is -2.28. The van der Waals surface area contributed by atoms with Gasteiger partial charge in [-0.25, -0.2) is 10.1 Å². The minimum atomic E-state index is -1.13. The Morgan fingerprint density at radius 3 is 2.67 bits per heavy atom. The summed E-state index contributed by atoms with van der Waals surface area (Å²) in [7, 11) is 0. The van der Waals surface area contributed by atoms with Gasteiger partial charge >= 0.3 is 5.62 Å². The number of tetrazole rings is 1. The normalized spacial score (nSPS) is 11.5. The molecule has 0 spiro atoms. The molecule has 0 radical (unpaired) electrons. The molecule has 1 heterocycles. The molecule has 1 rings (SSSR count). The summed E-state index contributed by atoms with van der Waals surface area (Å²) >= 11 is 0. The van der Waals surface area contributed by atoms with E-state index < -0.39 is 15.7 Å². The third-order valence-electron chi connectivity index (χ3n) is 0.764. The summed E-state index contributed by atoms with van der Waals surface area (Å²) in [6, 6.07) is 0. The molecule has 0 saturated carbocycles. The summed E-state index contributed by atoms with van der Waals surface area (Å²) in [5.74, 6) is 0. The van der Waals surface area contributed by atoms with Gasteiger partial charge in [-0.15, -0.1) is 5.03 Å².